The first-order chi connectivity index (χ1) is 14.6. The summed E-state index contributed by atoms with van der Waals surface area (Å²) in [6.45, 7) is 3.83. The van der Waals surface area contributed by atoms with Crippen LogP contribution in [0.2, 0.25) is 0 Å². The summed E-state index contributed by atoms with van der Waals surface area (Å²) in [7, 11) is -3.49. The highest BCUT2D eigenvalue weighted by Gasteiger charge is 2.67. The maximum atomic E-state index is 14.4. The Labute approximate surface area is 177 Å². The fourth-order valence-corrected chi connectivity index (χ4v) is 2.36. The van der Waals surface area contributed by atoms with Crippen molar-refractivity contribution in [1.82, 2.24) is 0 Å². The highest BCUT2D eigenvalue weighted by molar-refractivity contribution is 6.59. The summed E-state index contributed by atoms with van der Waals surface area (Å²) in [6, 6.07) is -1.28. The standard InChI is InChI=1S/C16H12BF12NO3/c1-5(2)10(31)30-8-4-6(13(22,23)15(26,27)11(18)19)3-7(17(32)33)9(8)14(24,25)16(28,29)12(20)21/h3-4,11-12,32-33H,1H2,2H3,(H,30,31). The monoisotopic (exact) mass is 505 g/mol. The van der Waals surface area contributed by atoms with Crippen molar-refractivity contribution in [3.63, 3.8) is 0 Å². The van der Waals surface area contributed by atoms with Gasteiger partial charge in [0.25, 0.3) is 5.91 Å². The summed E-state index contributed by atoms with van der Waals surface area (Å²) in [5.74, 6) is -26.3. The van der Waals surface area contributed by atoms with E-state index >= 15 is 0 Å². The summed E-state index contributed by atoms with van der Waals surface area (Å²) >= 11 is 0. The van der Waals surface area contributed by atoms with E-state index in [1.807, 2.05) is 0 Å². The van der Waals surface area contributed by atoms with Crippen molar-refractivity contribution in [2.24, 2.45) is 0 Å². The zero-order valence-corrected chi connectivity index (χ0v) is 15.9. The Kier molecular flexibility index (Phi) is 7.87. The maximum Gasteiger partial charge on any atom is 0.489 e. The van der Waals surface area contributed by atoms with Crippen LogP contribution in [0.1, 0.15) is 18.1 Å². The van der Waals surface area contributed by atoms with E-state index in [-0.39, 0.29) is 0 Å². The number of halogens is 12. The Morgan fingerprint density at radius 1 is 0.909 bits per heavy atom. The molecule has 186 valence electrons. The van der Waals surface area contributed by atoms with E-state index in [1.54, 1.807) is 0 Å². The first kappa shape index (κ1) is 28.6. The summed E-state index contributed by atoms with van der Waals surface area (Å²) in [4.78, 5) is 11.8. The molecule has 33 heavy (non-hydrogen) atoms. The molecule has 0 fully saturated rings. The molecule has 0 aliphatic rings. The number of carbonyl (C=O) groups excluding carboxylic acids is 1. The minimum absolute atomic E-state index is 0.589. The molecule has 3 N–H and O–H groups in total. The van der Waals surface area contributed by atoms with E-state index in [2.05, 4.69) is 6.58 Å². The fourth-order valence-electron chi connectivity index (χ4n) is 2.36. The minimum Gasteiger partial charge on any atom is -0.423 e. The summed E-state index contributed by atoms with van der Waals surface area (Å²) in [5, 5.41) is 19.7. The second kappa shape index (κ2) is 9.08. The second-order valence-electron chi connectivity index (χ2n) is 6.59. The Balaban J connectivity index is 4.11. The molecule has 0 aromatic heterocycles. The van der Waals surface area contributed by atoms with Gasteiger partial charge in [0, 0.05) is 11.1 Å². The van der Waals surface area contributed by atoms with Gasteiger partial charge in [-0.2, -0.15) is 35.1 Å². The summed E-state index contributed by atoms with van der Waals surface area (Å²) < 4.78 is 161. The van der Waals surface area contributed by atoms with Gasteiger partial charge in [0.15, 0.2) is 0 Å². The lowest BCUT2D eigenvalue weighted by molar-refractivity contribution is -0.271. The Morgan fingerprint density at radius 3 is 1.70 bits per heavy atom. The van der Waals surface area contributed by atoms with Gasteiger partial charge in [-0.15, -0.1) is 0 Å². The van der Waals surface area contributed by atoms with Gasteiger partial charge >= 0.3 is 43.7 Å². The molecule has 0 saturated carbocycles. The van der Waals surface area contributed by atoms with E-state index in [0.717, 1.165) is 6.92 Å². The van der Waals surface area contributed by atoms with E-state index in [0.29, 0.717) is 0 Å². The number of nitrogens with one attached hydrogen (secondary N) is 1. The average Bonchev–Trinajstić information content (AvgIpc) is 2.66. The van der Waals surface area contributed by atoms with Crippen LogP contribution >= 0.6 is 0 Å². The summed E-state index contributed by atoms with van der Waals surface area (Å²) in [6.07, 6.45) is -10.2. The number of anilines is 1. The van der Waals surface area contributed by atoms with Crippen LogP contribution in [0.15, 0.2) is 24.3 Å². The molecule has 0 bridgehead atoms. The molecule has 0 atom stereocenters. The first-order valence-electron chi connectivity index (χ1n) is 8.23. The molecule has 0 aliphatic carbocycles. The van der Waals surface area contributed by atoms with E-state index < -0.39 is 89.5 Å². The molecular formula is C16H12BF12NO3. The van der Waals surface area contributed by atoms with Crippen LogP contribution in [0.25, 0.3) is 0 Å². The molecule has 1 aromatic rings. The molecule has 0 spiro atoms. The third-order valence-corrected chi connectivity index (χ3v) is 4.14. The van der Waals surface area contributed by atoms with Gasteiger partial charge in [0.2, 0.25) is 0 Å². The van der Waals surface area contributed by atoms with E-state index in [1.165, 1.54) is 5.32 Å². The largest absolute Gasteiger partial charge is 0.489 e. The second-order valence-corrected chi connectivity index (χ2v) is 6.59. The van der Waals surface area contributed by atoms with Gasteiger partial charge in [-0.1, -0.05) is 12.6 Å². The van der Waals surface area contributed by atoms with Crippen molar-refractivity contribution < 1.29 is 67.5 Å². The molecule has 17 heteroatoms. The lowest BCUT2D eigenvalue weighted by atomic mass is 9.72. The Morgan fingerprint density at radius 2 is 1.33 bits per heavy atom. The number of benzene rings is 1. The Hall–Kier alpha value is -2.43. The van der Waals surface area contributed by atoms with Crippen LogP contribution in [0.5, 0.6) is 0 Å². The molecule has 0 aliphatic heterocycles. The number of carbonyl (C=O) groups is 1. The SMILES string of the molecule is C=C(C)C(=O)Nc1cc(C(F)(F)C(F)(F)C(F)F)cc(B(O)O)c1C(F)(F)C(F)(F)C(F)F. The lowest BCUT2D eigenvalue weighted by Gasteiger charge is -2.32. The van der Waals surface area contributed by atoms with Crippen LogP contribution in [-0.2, 0) is 16.6 Å². The fraction of sp³-hybridized carbons (Fsp3) is 0.438. The molecule has 0 radical (unpaired) electrons. The molecule has 0 saturated heterocycles. The van der Waals surface area contributed by atoms with Crippen LogP contribution in [0, 0.1) is 0 Å². The normalized spacial score (nSPS) is 13.5. The van der Waals surface area contributed by atoms with Crippen molar-refractivity contribution in [3.05, 3.63) is 35.4 Å². The quantitative estimate of drug-likeness (QED) is 0.272. The Bertz CT molecular complexity index is 920. The molecule has 0 heterocycles. The predicted octanol–water partition coefficient (Wildman–Crippen LogP) is 3.87. The maximum absolute atomic E-state index is 14.4. The molecule has 1 aromatic carbocycles. The van der Waals surface area contributed by atoms with Crippen molar-refractivity contribution >= 4 is 24.2 Å². The molecule has 0 unspecified atom stereocenters. The molecular weight excluding hydrogens is 493 g/mol. The van der Waals surface area contributed by atoms with Crippen LogP contribution in [0.3, 0.4) is 0 Å². The number of amides is 1. The van der Waals surface area contributed by atoms with Crippen molar-refractivity contribution in [2.45, 2.75) is 43.5 Å². The van der Waals surface area contributed by atoms with Gasteiger partial charge in [-0.05, 0) is 18.5 Å². The third kappa shape index (κ3) is 4.92. The highest BCUT2D eigenvalue weighted by Crippen LogP contribution is 2.51. The average molecular weight is 505 g/mol. The van der Waals surface area contributed by atoms with E-state index in [9.17, 15) is 67.5 Å². The van der Waals surface area contributed by atoms with Gasteiger partial charge in [-0.25, -0.2) is 17.6 Å². The predicted molar refractivity (Wildman–Crippen MR) is 89.4 cm³/mol. The molecule has 4 nitrogen and oxygen atoms in total. The summed E-state index contributed by atoms with van der Waals surface area (Å²) in [5.41, 5.74) is -9.76. The zero-order chi connectivity index (χ0) is 26.3. The number of rotatable bonds is 9. The van der Waals surface area contributed by atoms with Crippen molar-refractivity contribution in [1.29, 1.82) is 0 Å². The first-order valence-corrected chi connectivity index (χ1v) is 8.23. The third-order valence-electron chi connectivity index (χ3n) is 4.14. The van der Waals surface area contributed by atoms with E-state index in [4.69, 9.17) is 0 Å². The van der Waals surface area contributed by atoms with Crippen LogP contribution in [0.4, 0.5) is 58.4 Å². The van der Waals surface area contributed by atoms with Crippen LogP contribution < -0.4 is 10.8 Å². The smallest absolute Gasteiger partial charge is 0.423 e. The molecule has 1 rings (SSSR count). The number of alkyl halides is 12. The van der Waals surface area contributed by atoms with Gasteiger partial charge < -0.3 is 15.4 Å². The topological polar surface area (TPSA) is 69.6 Å². The van der Waals surface area contributed by atoms with Crippen molar-refractivity contribution in [3.8, 4) is 0 Å². The molecule has 1 amide bonds. The highest BCUT2D eigenvalue weighted by atomic mass is 19.4. The van der Waals surface area contributed by atoms with Gasteiger partial charge in [0.1, 0.15) is 0 Å². The van der Waals surface area contributed by atoms with Crippen LogP contribution in [-0.4, -0.2) is 47.8 Å². The van der Waals surface area contributed by atoms with Gasteiger partial charge in [0.05, 0.1) is 11.3 Å². The van der Waals surface area contributed by atoms with Crippen molar-refractivity contribution in [2.75, 3.05) is 5.32 Å². The zero-order valence-electron chi connectivity index (χ0n) is 15.9. The lowest BCUT2D eigenvalue weighted by Crippen LogP contribution is -2.50. The number of hydrogen-bond acceptors (Lipinski definition) is 3. The van der Waals surface area contributed by atoms with Gasteiger partial charge in [-0.3, -0.25) is 4.79 Å². The number of hydrogen-bond donors (Lipinski definition) is 3. The minimum atomic E-state index is -6.32.